The van der Waals surface area contributed by atoms with Crippen LogP contribution in [0, 0.1) is 0 Å². The predicted octanol–water partition coefficient (Wildman–Crippen LogP) is 4.69. The summed E-state index contributed by atoms with van der Waals surface area (Å²) < 4.78 is 11.0. The number of ether oxygens (including phenoxy) is 2. The molecule has 0 unspecified atom stereocenters. The molecule has 1 amide bonds. The molecule has 0 bridgehead atoms. The molecule has 0 aliphatic rings. The van der Waals surface area contributed by atoms with E-state index in [4.69, 9.17) is 9.47 Å². The van der Waals surface area contributed by atoms with Crippen LogP contribution < -0.4 is 9.64 Å². The van der Waals surface area contributed by atoms with Crippen LogP contribution in [0.4, 0.5) is 5.69 Å². The molecule has 0 saturated heterocycles. The minimum atomic E-state index is -0.607. The highest BCUT2D eigenvalue weighted by Gasteiger charge is 2.19. The summed E-state index contributed by atoms with van der Waals surface area (Å²) in [5.74, 6) is 0.0918. The lowest BCUT2D eigenvalue weighted by Crippen LogP contribution is -2.34. The molecule has 3 aromatic rings. The van der Waals surface area contributed by atoms with E-state index in [2.05, 4.69) is 0 Å². The summed E-state index contributed by atoms with van der Waals surface area (Å²) in [5.41, 5.74) is 1.03. The van der Waals surface area contributed by atoms with Crippen LogP contribution in [-0.4, -0.2) is 25.0 Å². The molecule has 3 aromatic carbocycles. The number of benzene rings is 3. The van der Waals surface area contributed by atoms with Crippen LogP contribution in [-0.2, 0) is 9.53 Å². The molecule has 0 atom stereocenters. The lowest BCUT2D eigenvalue weighted by Gasteiger charge is -2.21. The van der Waals surface area contributed by atoms with E-state index < -0.39 is 5.97 Å². The van der Waals surface area contributed by atoms with Crippen LogP contribution in [0.15, 0.2) is 84.9 Å². The molecule has 0 aromatic heterocycles. The zero-order valence-corrected chi connectivity index (χ0v) is 15.6. The second-order valence-electron chi connectivity index (χ2n) is 5.96. The van der Waals surface area contributed by atoms with Gasteiger partial charge >= 0.3 is 5.97 Å². The Bertz CT molecular complexity index is 926. The molecule has 5 heteroatoms. The maximum Gasteiger partial charge on any atom is 0.342 e. The second kappa shape index (κ2) is 9.37. The van der Waals surface area contributed by atoms with Crippen LogP contribution in [0.25, 0.3) is 0 Å². The van der Waals surface area contributed by atoms with Crippen molar-refractivity contribution >= 4 is 17.6 Å². The second-order valence-corrected chi connectivity index (χ2v) is 5.96. The van der Waals surface area contributed by atoms with Gasteiger partial charge in [0.1, 0.15) is 17.1 Å². The molecule has 28 heavy (non-hydrogen) atoms. The van der Waals surface area contributed by atoms with Gasteiger partial charge in [-0.05, 0) is 43.3 Å². The Labute approximate surface area is 164 Å². The van der Waals surface area contributed by atoms with Gasteiger partial charge in [-0.25, -0.2) is 4.79 Å². The first-order valence-electron chi connectivity index (χ1n) is 9.03. The van der Waals surface area contributed by atoms with E-state index in [9.17, 15) is 9.59 Å². The number of carbonyl (C=O) groups is 2. The van der Waals surface area contributed by atoms with Crippen molar-refractivity contribution in [3.8, 4) is 11.5 Å². The predicted molar refractivity (Wildman–Crippen MR) is 108 cm³/mol. The molecule has 5 nitrogen and oxygen atoms in total. The zero-order valence-electron chi connectivity index (χ0n) is 15.6. The van der Waals surface area contributed by atoms with Crippen molar-refractivity contribution in [2.24, 2.45) is 0 Å². The topological polar surface area (TPSA) is 55.8 Å². The van der Waals surface area contributed by atoms with Crippen molar-refractivity contribution < 1.29 is 19.1 Å². The molecule has 0 radical (unpaired) electrons. The van der Waals surface area contributed by atoms with Crippen LogP contribution in [0.3, 0.4) is 0 Å². The van der Waals surface area contributed by atoms with E-state index in [1.54, 1.807) is 41.3 Å². The van der Waals surface area contributed by atoms with Crippen molar-refractivity contribution in [1.82, 2.24) is 0 Å². The fraction of sp³-hybridized carbons (Fsp3) is 0.130. The quantitative estimate of drug-likeness (QED) is 0.562. The number of hydrogen-bond acceptors (Lipinski definition) is 4. The number of para-hydroxylation sites is 3. The molecular formula is C23H21NO4. The van der Waals surface area contributed by atoms with Crippen molar-refractivity contribution in [3.05, 3.63) is 90.5 Å². The molecule has 0 spiro atoms. The number of anilines is 1. The van der Waals surface area contributed by atoms with Gasteiger partial charge in [-0.15, -0.1) is 0 Å². The summed E-state index contributed by atoms with van der Waals surface area (Å²) in [5, 5.41) is 0. The minimum absolute atomic E-state index is 0.266. The Kier molecular flexibility index (Phi) is 6.41. The summed E-state index contributed by atoms with van der Waals surface area (Å²) in [7, 11) is 0. The molecule has 0 fully saturated rings. The van der Waals surface area contributed by atoms with E-state index in [1.807, 2.05) is 55.5 Å². The third kappa shape index (κ3) is 4.76. The molecule has 0 aliphatic carbocycles. The summed E-state index contributed by atoms with van der Waals surface area (Å²) in [6.45, 7) is 2.01. The number of amides is 1. The Morgan fingerprint density at radius 1 is 0.821 bits per heavy atom. The number of likely N-dealkylation sites (N-methyl/N-ethyl adjacent to an activating group) is 1. The molecular weight excluding hydrogens is 354 g/mol. The average Bonchev–Trinajstić information content (AvgIpc) is 2.74. The SMILES string of the molecule is CCN(C(=O)COC(=O)c1ccccc1Oc1ccccc1)c1ccccc1. The lowest BCUT2D eigenvalue weighted by atomic mass is 10.2. The Hall–Kier alpha value is -3.60. The molecule has 0 saturated carbocycles. The number of esters is 1. The van der Waals surface area contributed by atoms with Gasteiger partial charge in [0, 0.05) is 12.2 Å². The standard InChI is InChI=1S/C23H21NO4/c1-2-24(18-11-5-3-6-12-18)22(25)17-27-23(26)20-15-9-10-16-21(20)28-19-13-7-4-8-14-19/h3-16H,2,17H2,1H3. The van der Waals surface area contributed by atoms with E-state index in [0.717, 1.165) is 5.69 Å². The zero-order chi connectivity index (χ0) is 19.8. The van der Waals surface area contributed by atoms with Crippen LogP contribution in [0.2, 0.25) is 0 Å². The molecule has 3 rings (SSSR count). The van der Waals surface area contributed by atoms with E-state index in [0.29, 0.717) is 18.0 Å². The van der Waals surface area contributed by atoms with E-state index in [-0.39, 0.29) is 18.1 Å². The van der Waals surface area contributed by atoms with E-state index in [1.165, 1.54) is 0 Å². The van der Waals surface area contributed by atoms with Gasteiger partial charge in [-0.1, -0.05) is 48.5 Å². The fourth-order valence-electron chi connectivity index (χ4n) is 2.73. The monoisotopic (exact) mass is 375 g/mol. The molecule has 0 N–H and O–H groups in total. The van der Waals surface area contributed by atoms with Crippen molar-refractivity contribution in [2.75, 3.05) is 18.1 Å². The highest BCUT2D eigenvalue weighted by Crippen LogP contribution is 2.25. The fourth-order valence-corrected chi connectivity index (χ4v) is 2.73. The highest BCUT2D eigenvalue weighted by molar-refractivity contribution is 5.98. The third-order valence-electron chi connectivity index (χ3n) is 4.09. The lowest BCUT2D eigenvalue weighted by molar-refractivity contribution is -0.121. The molecule has 142 valence electrons. The first kappa shape index (κ1) is 19.2. The average molecular weight is 375 g/mol. The Morgan fingerprint density at radius 3 is 2.11 bits per heavy atom. The summed E-state index contributed by atoms with van der Waals surface area (Å²) >= 11 is 0. The largest absolute Gasteiger partial charge is 0.456 e. The smallest absolute Gasteiger partial charge is 0.342 e. The Balaban J connectivity index is 1.67. The maximum atomic E-state index is 12.5. The van der Waals surface area contributed by atoms with Crippen molar-refractivity contribution in [1.29, 1.82) is 0 Å². The van der Waals surface area contributed by atoms with Gasteiger partial charge in [-0.2, -0.15) is 0 Å². The number of hydrogen-bond donors (Lipinski definition) is 0. The first-order valence-corrected chi connectivity index (χ1v) is 9.03. The maximum absolute atomic E-state index is 12.5. The summed E-state index contributed by atoms with van der Waals surface area (Å²) in [6.07, 6.45) is 0. The highest BCUT2D eigenvalue weighted by atomic mass is 16.5. The molecule has 0 heterocycles. The summed E-state index contributed by atoms with van der Waals surface area (Å²) in [6, 6.07) is 25.2. The van der Waals surface area contributed by atoms with Crippen LogP contribution >= 0.6 is 0 Å². The normalized spacial score (nSPS) is 10.2. The van der Waals surface area contributed by atoms with Crippen LogP contribution in [0.1, 0.15) is 17.3 Å². The van der Waals surface area contributed by atoms with Gasteiger partial charge in [0.2, 0.25) is 0 Å². The number of rotatable bonds is 7. The number of nitrogens with zero attached hydrogens (tertiary/aromatic N) is 1. The van der Waals surface area contributed by atoms with Gasteiger partial charge < -0.3 is 14.4 Å². The number of carbonyl (C=O) groups excluding carboxylic acids is 2. The summed E-state index contributed by atoms with van der Waals surface area (Å²) in [4.78, 5) is 26.6. The van der Waals surface area contributed by atoms with Gasteiger partial charge in [0.05, 0.1) is 0 Å². The van der Waals surface area contributed by atoms with Crippen molar-refractivity contribution in [2.45, 2.75) is 6.92 Å². The van der Waals surface area contributed by atoms with E-state index >= 15 is 0 Å². The van der Waals surface area contributed by atoms with Crippen molar-refractivity contribution in [3.63, 3.8) is 0 Å². The van der Waals surface area contributed by atoms with Gasteiger partial charge in [0.15, 0.2) is 6.61 Å². The van der Waals surface area contributed by atoms with Crippen LogP contribution in [0.5, 0.6) is 11.5 Å². The minimum Gasteiger partial charge on any atom is -0.456 e. The van der Waals surface area contributed by atoms with Gasteiger partial charge in [0.25, 0.3) is 5.91 Å². The Morgan fingerprint density at radius 2 is 1.43 bits per heavy atom. The third-order valence-corrected chi connectivity index (χ3v) is 4.09. The van der Waals surface area contributed by atoms with Gasteiger partial charge in [-0.3, -0.25) is 4.79 Å². The molecule has 0 aliphatic heterocycles. The first-order chi connectivity index (χ1) is 13.7.